The van der Waals surface area contributed by atoms with Gasteiger partial charge < -0.3 is 15.0 Å². The van der Waals surface area contributed by atoms with E-state index >= 15 is 0 Å². The number of rotatable bonds is 10. The van der Waals surface area contributed by atoms with Crippen LogP contribution in [0.2, 0.25) is 0 Å². The van der Waals surface area contributed by atoms with E-state index < -0.39 is 28.5 Å². The van der Waals surface area contributed by atoms with Crippen LogP contribution in [0.4, 0.5) is 11.6 Å². The summed E-state index contributed by atoms with van der Waals surface area (Å²) in [7, 11) is -1.94. The van der Waals surface area contributed by atoms with Gasteiger partial charge in [-0.25, -0.2) is 18.4 Å². The van der Waals surface area contributed by atoms with Gasteiger partial charge in [0.05, 0.1) is 4.90 Å². The predicted molar refractivity (Wildman–Crippen MR) is 111 cm³/mol. The van der Waals surface area contributed by atoms with Crippen LogP contribution in [-0.4, -0.2) is 67.9 Å². The van der Waals surface area contributed by atoms with Crippen molar-refractivity contribution in [1.29, 1.82) is 0 Å². The Balaban J connectivity index is 1.85. The van der Waals surface area contributed by atoms with Gasteiger partial charge in [-0.1, -0.05) is 13.8 Å². The SMILES string of the molecule is CCN(CC)S(=O)(=O)c1ccc(NC(=O)COC(=O)CN(C)c2ncccn2)cc1. The number of anilines is 2. The Labute approximate surface area is 175 Å². The van der Waals surface area contributed by atoms with Crippen LogP contribution in [-0.2, 0) is 24.3 Å². The highest BCUT2D eigenvalue weighted by Gasteiger charge is 2.21. The van der Waals surface area contributed by atoms with E-state index in [9.17, 15) is 18.0 Å². The molecule has 1 N–H and O–H groups in total. The number of carbonyl (C=O) groups is 2. The highest BCUT2D eigenvalue weighted by Crippen LogP contribution is 2.18. The summed E-state index contributed by atoms with van der Waals surface area (Å²) in [6.45, 7) is 3.68. The number of hydrogen-bond donors (Lipinski definition) is 1. The fraction of sp³-hybridized carbons (Fsp3) is 0.368. The number of aromatic nitrogens is 2. The van der Waals surface area contributed by atoms with E-state index in [4.69, 9.17) is 4.74 Å². The standard InChI is InChI=1S/C19H25N5O5S/c1-4-24(5-2)30(27,28)16-9-7-15(8-10-16)22-17(25)14-29-18(26)13-23(3)19-20-11-6-12-21-19/h6-12H,4-5,13-14H2,1-3H3,(H,22,25). The first-order chi connectivity index (χ1) is 14.3. The van der Waals surface area contributed by atoms with Crippen LogP contribution in [0.1, 0.15) is 13.8 Å². The van der Waals surface area contributed by atoms with E-state index in [2.05, 4.69) is 15.3 Å². The highest BCUT2D eigenvalue weighted by atomic mass is 32.2. The number of hydrogen-bond acceptors (Lipinski definition) is 8. The van der Waals surface area contributed by atoms with Crippen molar-refractivity contribution in [1.82, 2.24) is 14.3 Å². The molecular weight excluding hydrogens is 410 g/mol. The normalized spacial score (nSPS) is 11.2. The molecule has 0 spiro atoms. The van der Waals surface area contributed by atoms with Gasteiger partial charge in [-0.2, -0.15) is 4.31 Å². The minimum Gasteiger partial charge on any atom is -0.454 e. The van der Waals surface area contributed by atoms with Crippen molar-refractivity contribution in [3.05, 3.63) is 42.7 Å². The maximum absolute atomic E-state index is 12.5. The van der Waals surface area contributed by atoms with Gasteiger partial charge in [0, 0.05) is 38.2 Å². The zero-order valence-corrected chi connectivity index (χ0v) is 17.9. The van der Waals surface area contributed by atoms with Crippen molar-refractivity contribution in [2.24, 2.45) is 0 Å². The van der Waals surface area contributed by atoms with Gasteiger partial charge in [0.1, 0.15) is 6.54 Å². The van der Waals surface area contributed by atoms with Crippen LogP contribution >= 0.6 is 0 Å². The summed E-state index contributed by atoms with van der Waals surface area (Å²) in [6, 6.07) is 7.47. The molecule has 0 aliphatic rings. The molecule has 0 aliphatic carbocycles. The van der Waals surface area contributed by atoms with Crippen molar-refractivity contribution >= 4 is 33.5 Å². The van der Waals surface area contributed by atoms with E-state index in [0.717, 1.165) is 0 Å². The summed E-state index contributed by atoms with van der Waals surface area (Å²) in [6.07, 6.45) is 3.10. The van der Waals surface area contributed by atoms with Gasteiger partial charge in [0.25, 0.3) is 5.91 Å². The van der Waals surface area contributed by atoms with E-state index in [-0.39, 0.29) is 11.4 Å². The Morgan fingerprint density at radius 2 is 1.67 bits per heavy atom. The molecule has 1 aromatic heterocycles. The number of benzene rings is 1. The van der Waals surface area contributed by atoms with Gasteiger partial charge in [-0.3, -0.25) is 9.59 Å². The van der Waals surface area contributed by atoms with Crippen LogP contribution in [0.3, 0.4) is 0 Å². The molecule has 0 aliphatic heterocycles. The molecule has 0 fully saturated rings. The molecule has 30 heavy (non-hydrogen) atoms. The Bertz CT molecular complexity index is 947. The first-order valence-electron chi connectivity index (χ1n) is 9.31. The third-order valence-electron chi connectivity index (χ3n) is 4.11. The number of esters is 1. The average molecular weight is 436 g/mol. The molecule has 0 saturated carbocycles. The summed E-state index contributed by atoms with van der Waals surface area (Å²) < 4.78 is 31.2. The largest absolute Gasteiger partial charge is 0.454 e. The summed E-state index contributed by atoms with van der Waals surface area (Å²) in [5.74, 6) is -0.791. The third kappa shape index (κ3) is 6.22. The Morgan fingerprint density at radius 3 is 2.23 bits per heavy atom. The first-order valence-corrected chi connectivity index (χ1v) is 10.8. The van der Waals surface area contributed by atoms with Crippen LogP contribution in [0.25, 0.3) is 0 Å². The molecular formula is C19H25N5O5S. The molecule has 10 nitrogen and oxygen atoms in total. The molecule has 162 valence electrons. The fourth-order valence-corrected chi connectivity index (χ4v) is 4.02. The maximum Gasteiger partial charge on any atom is 0.326 e. The smallest absolute Gasteiger partial charge is 0.326 e. The number of ether oxygens (including phenoxy) is 1. The molecule has 1 heterocycles. The molecule has 0 saturated heterocycles. The molecule has 0 atom stereocenters. The lowest BCUT2D eigenvalue weighted by atomic mass is 10.3. The minimum atomic E-state index is -3.57. The quantitative estimate of drug-likeness (QED) is 0.551. The predicted octanol–water partition coefficient (Wildman–Crippen LogP) is 1.13. The molecule has 1 amide bonds. The number of carbonyl (C=O) groups excluding carboxylic acids is 2. The van der Waals surface area contributed by atoms with Gasteiger partial charge >= 0.3 is 5.97 Å². The number of amides is 1. The Kier molecular flexibility index (Phi) is 8.25. The number of sulfonamides is 1. The van der Waals surface area contributed by atoms with Gasteiger partial charge in [-0.15, -0.1) is 0 Å². The van der Waals surface area contributed by atoms with Crippen molar-refractivity contribution < 1.29 is 22.7 Å². The van der Waals surface area contributed by atoms with Crippen molar-refractivity contribution in [2.75, 3.05) is 43.5 Å². The molecule has 0 unspecified atom stereocenters. The lowest BCUT2D eigenvalue weighted by molar-refractivity contribution is -0.145. The van der Waals surface area contributed by atoms with Gasteiger partial charge in [0.15, 0.2) is 6.61 Å². The summed E-state index contributed by atoms with van der Waals surface area (Å²) in [4.78, 5) is 33.5. The average Bonchev–Trinajstić information content (AvgIpc) is 2.74. The van der Waals surface area contributed by atoms with Crippen molar-refractivity contribution in [3.8, 4) is 0 Å². The highest BCUT2D eigenvalue weighted by molar-refractivity contribution is 7.89. The summed E-state index contributed by atoms with van der Waals surface area (Å²) >= 11 is 0. The van der Waals surface area contributed by atoms with Crippen LogP contribution in [0.5, 0.6) is 0 Å². The Morgan fingerprint density at radius 1 is 1.07 bits per heavy atom. The Hall–Kier alpha value is -3.05. The maximum atomic E-state index is 12.5. The first kappa shape index (κ1) is 23.2. The number of nitrogens with zero attached hydrogens (tertiary/aromatic N) is 4. The van der Waals surface area contributed by atoms with Crippen LogP contribution < -0.4 is 10.2 Å². The van der Waals surface area contributed by atoms with Gasteiger partial charge in [0.2, 0.25) is 16.0 Å². The topological polar surface area (TPSA) is 122 Å². The number of nitrogens with one attached hydrogen (secondary N) is 1. The molecule has 0 radical (unpaired) electrons. The second-order valence-electron chi connectivity index (χ2n) is 6.23. The van der Waals surface area contributed by atoms with Crippen LogP contribution in [0.15, 0.2) is 47.6 Å². The van der Waals surface area contributed by atoms with Gasteiger partial charge in [-0.05, 0) is 30.3 Å². The second kappa shape index (κ2) is 10.6. The molecule has 11 heteroatoms. The monoisotopic (exact) mass is 435 g/mol. The van der Waals surface area contributed by atoms with Crippen LogP contribution in [0, 0.1) is 0 Å². The fourth-order valence-electron chi connectivity index (χ4n) is 2.56. The van der Waals surface area contributed by atoms with E-state index in [1.165, 1.54) is 33.5 Å². The molecule has 1 aromatic carbocycles. The number of likely N-dealkylation sites (N-methyl/N-ethyl adjacent to an activating group) is 1. The molecule has 0 bridgehead atoms. The molecule has 2 rings (SSSR count). The minimum absolute atomic E-state index is 0.116. The third-order valence-corrected chi connectivity index (χ3v) is 6.17. The lowest BCUT2D eigenvalue weighted by Gasteiger charge is -2.18. The van der Waals surface area contributed by atoms with Crippen molar-refractivity contribution in [3.63, 3.8) is 0 Å². The summed E-state index contributed by atoms with van der Waals surface area (Å²) in [5, 5.41) is 2.56. The van der Waals surface area contributed by atoms with E-state index in [1.807, 2.05) is 0 Å². The van der Waals surface area contributed by atoms with Crippen molar-refractivity contribution in [2.45, 2.75) is 18.7 Å². The zero-order chi connectivity index (χ0) is 22.1. The van der Waals surface area contributed by atoms with E-state index in [0.29, 0.717) is 24.7 Å². The zero-order valence-electron chi connectivity index (χ0n) is 17.1. The summed E-state index contributed by atoms with van der Waals surface area (Å²) in [5.41, 5.74) is 0.393. The second-order valence-corrected chi connectivity index (χ2v) is 8.17. The van der Waals surface area contributed by atoms with E-state index in [1.54, 1.807) is 39.4 Å². The molecule has 2 aromatic rings. The lowest BCUT2D eigenvalue weighted by Crippen LogP contribution is -2.31.